The van der Waals surface area contributed by atoms with Gasteiger partial charge in [0.25, 0.3) is 0 Å². The Morgan fingerprint density at radius 1 is 0.312 bits per heavy atom. The summed E-state index contributed by atoms with van der Waals surface area (Å²) in [6.07, 6.45) is 4.95. The molecular weight excluding hydrogens is 1160 g/mol. The van der Waals surface area contributed by atoms with E-state index in [9.17, 15) is 14.4 Å². The summed E-state index contributed by atoms with van der Waals surface area (Å²) in [4.78, 5) is 64.9. The number of esters is 3. The number of fused-ring (bicyclic) bond motifs is 3. The molecule has 6 aromatic carbocycles. The third-order valence-corrected chi connectivity index (χ3v) is 18.4. The Hall–Kier alpha value is -10.0. The van der Waals surface area contributed by atoms with Gasteiger partial charge in [-0.1, -0.05) is 84.9 Å². The zero-order chi connectivity index (χ0) is 66.2. The molecule has 0 atom stereocenters. The average Bonchev–Trinajstić information content (AvgIpc) is 1.60. The Bertz CT molecular complexity index is 3870. The first-order valence-corrected chi connectivity index (χ1v) is 32.6. The van der Waals surface area contributed by atoms with E-state index in [1.54, 1.807) is 18.6 Å². The van der Waals surface area contributed by atoms with Gasteiger partial charge >= 0.3 is 17.9 Å². The van der Waals surface area contributed by atoms with Crippen molar-refractivity contribution in [1.29, 1.82) is 0 Å². The highest BCUT2D eigenvalue weighted by molar-refractivity contribution is 5.96. The maximum atomic E-state index is 13.0. The molecule has 9 aromatic rings. The van der Waals surface area contributed by atoms with Gasteiger partial charge in [0.2, 0.25) is 0 Å². The number of benzene rings is 6. The van der Waals surface area contributed by atoms with Crippen LogP contribution in [0.2, 0.25) is 0 Å². The highest BCUT2D eigenvalue weighted by Gasteiger charge is 2.52. The molecule has 0 aliphatic carbocycles. The number of hydrogen-bond donors (Lipinski definition) is 0. The second-order valence-electron chi connectivity index (χ2n) is 23.6. The monoisotopic (exact) mass is 1250 g/mol. The van der Waals surface area contributed by atoms with Crippen molar-refractivity contribution in [3.8, 4) is 0 Å². The zero-order valence-electron chi connectivity index (χ0n) is 56.1. The van der Waals surface area contributed by atoms with Crippen molar-refractivity contribution in [3.05, 3.63) is 267 Å². The topological polar surface area (TPSA) is 137 Å². The molecule has 0 N–H and O–H groups in total. The van der Waals surface area contributed by atoms with E-state index in [0.717, 1.165) is 142 Å². The van der Waals surface area contributed by atoms with Crippen molar-refractivity contribution in [2.24, 2.45) is 0 Å². The van der Waals surface area contributed by atoms with Gasteiger partial charge in [-0.2, -0.15) is 0 Å². The Morgan fingerprint density at radius 3 is 0.839 bits per heavy atom. The predicted molar refractivity (Wildman–Crippen MR) is 375 cm³/mol. The Morgan fingerprint density at radius 2 is 0.559 bits per heavy atom. The van der Waals surface area contributed by atoms with Crippen molar-refractivity contribution in [1.82, 2.24) is 15.0 Å². The normalized spacial score (nSPS) is 14.1. The number of nitrogens with zero attached hydrogens (tertiary/aromatic N) is 9. The number of aryl methyl sites for hydroxylation is 1. The first-order chi connectivity index (χ1) is 45.0. The quantitative estimate of drug-likeness (QED) is 0.0528. The van der Waals surface area contributed by atoms with Crippen LogP contribution in [0.4, 0.5) is 34.1 Å². The van der Waals surface area contributed by atoms with Gasteiger partial charge in [0.15, 0.2) is 33.9 Å². The lowest BCUT2D eigenvalue weighted by molar-refractivity contribution is 0.0239. The molecule has 15 nitrogen and oxygen atoms in total. The molecular formula is C78H87N9O6. The highest BCUT2D eigenvalue weighted by atomic mass is 16.6. The molecule has 3 aromatic heterocycles. The average molecular weight is 1250 g/mol. The Balaban J connectivity index is 0.000000153. The van der Waals surface area contributed by atoms with Crippen LogP contribution in [0.1, 0.15) is 142 Å². The molecule has 3 aliphatic rings. The van der Waals surface area contributed by atoms with E-state index in [-0.39, 0.29) is 11.9 Å². The van der Waals surface area contributed by atoms with Crippen LogP contribution in [0.5, 0.6) is 0 Å². The fourth-order valence-corrected chi connectivity index (χ4v) is 13.3. The number of rotatable bonds is 20. The number of ether oxygens (including phenoxy) is 3. The van der Waals surface area contributed by atoms with Crippen molar-refractivity contribution in [2.75, 3.05) is 110 Å². The lowest BCUT2D eigenvalue weighted by Gasteiger charge is -2.32. The van der Waals surface area contributed by atoms with E-state index >= 15 is 0 Å². The summed E-state index contributed by atoms with van der Waals surface area (Å²) >= 11 is 0. The Kier molecular flexibility index (Phi) is 20.0. The number of carbonyl (C=O) groups excluding carboxylic acids is 3. The smallest absolute Gasteiger partial charge is 0.358 e. The number of pyridine rings is 3. The summed E-state index contributed by atoms with van der Waals surface area (Å²) in [5, 5.41) is 0. The van der Waals surface area contributed by atoms with Gasteiger partial charge in [-0.15, -0.1) is 0 Å². The van der Waals surface area contributed by atoms with E-state index in [1.165, 1.54) is 0 Å². The van der Waals surface area contributed by atoms with Crippen molar-refractivity contribution >= 4 is 52.0 Å². The number of carbonyl (C=O) groups is 3. The van der Waals surface area contributed by atoms with Crippen LogP contribution in [0.25, 0.3) is 0 Å². The highest BCUT2D eigenvalue weighted by Crippen LogP contribution is 2.51. The molecule has 15 heteroatoms. The molecule has 0 radical (unpaired) electrons. The number of hydrogen-bond acceptors (Lipinski definition) is 15. The minimum Gasteiger partial charge on any atom is -0.439 e. The Labute approximate surface area is 549 Å². The van der Waals surface area contributed by atoms with Crippen LogP contribution in [-0.2, 0) is 31.0 Å². The molecule has 0 saturated carbocycles. The molecule has 0 saturated heterocycles. The summed E-state index contributed by atoms with van der Waals surface area (Å²) in [7, 11) is 8.00. The van der Waals surface area contributed by atoms with E-state index in [2.05, 4.69) is 187 Å². The second-order valence-corrected chi connectivity index (χ2v) is 23.6. The summed E-state index contributed by atoms with van der Waals surface area (Å²) < 4.78 is 18.5. The van der Waals surface area contributed by atoms with Gasteiger partial charge in [0.1, 0.15) is 0 Å². The summed E-state index contributed by atoms with van der Waals surface area (Å²) in [6.45, 7) is 26.7. The number of aromatic nitrogens is 3. The molecule has 0 unspecified atom stereocenters. The van der Waals surface area contributed by atoms with Gasteiger partial charge < -0.3 is 43.6 Å². The van der Waals surface area contributed by atoms with E-state index in [0.29, 0.717) is 17.1 Å². The molecule has 0 fully saturated rings. The SMILES string of the molecule is CCN(CC)c1ccc(C2(c3ccc(N(CC)CC)cc3)OC(=O)c3nccc(C)c32)cc1.CCN(CC)c1ccc(C2(c3ccc(N(CC)CC)cc3)OC(=O)c3ncccc32)cc1.CN(C)c1ccc(C2(c3ccc(N(C)C)cc3)OC(=O)c3ncccc32)cc1. The van der Waals surface area contributed by atoms with Gasteiger partial charge in [-0.05, 0) is 159 Å². The molecule has 6 heterocycles. The summed E-state index contributed by atoms with van der Waals surface area (Å²) in [5.41, 5.74) is 13.8. The summed E-state index contributed by atoms with van der Waals surface area (Å²) in [5.74, 6) is -1.17. The van der Waals surface area contributed by atoms with E-state index < -0.39 is 22.8 Å². The fraction of sp³-hybridized carbons (Fsp3) is 0.308. The minimum atomic E-state index is -1.02. The van der Waals surface area contributed by atoms with Crippen LogP contribution >= 0.6 is 0 Å². The first-order valence-electron chi connectivity index (χ1n) is 32.6. The van der Waals surface area contributed by atoms with Crippen LogP contribution < -0.4 is 29.4 Å². The van der Waals surface area contributed by atoms with Gasteiger partial charge in [0.05, 0.1) is 0 Å². The van der Waals surface area contributed by atoms with Crippen LogP contribution in [0.3, 0.4) is 0 Å². The van der Waals surface area contributed by atoms with Gasteiger partial charge in [0, 0.05) is 183 Å². The minimum absolute atomic E-state index is 0.371. The number of anilines is 6. The zero-order valence-corrected chi connectivity index (χ0v) is 56.1. The van der Waals surface area contributed by atoms with Crippen LogP contribution in [0, 0.1) is 6.92 Å². The standard InChI is InChI=1S/C28H33N3O2.C27H31N3O2.C23H23N3O2/c1-6-30(7-2)23-14-10-21(11-15-23)28(22-12-16-24(17-13-22)31(8-3)9-4)25-20(5)18-19-29-26(25)27(32)33-28;1-5-29(6-2)22-15-11-20(12-16-22)27(24-10-9-19-28-25(24)26(31)32-27)21-13-17-23(18-14-21)30(7-3)8-4;1-25(2)18-11-7-16(8-12-18)23(17-9-13-19(14-10-17)26(3)4)20-6-5-15-24-21(20)22(27)28-23/h10-19H,6-9H2,1-5H3;9-19H,5-8H2,1-4H3;5-15H,1-4H3. The largest absolute Gasteiger partial charge is 0.439 e. The van der Waals surface area contributed by atoms with E-state index in [4.69, 9.17) is 14.2 Å². The third kappa shape index (κ3) is 12.2. The van der Waals surface area contributed by atoms with E-state index in [1.807, 2.05) is 124 Å². The van der Waals surface area contributed by atoms with Crippen LogP contribution in [0.15, 0.2) is 195 Å². The van der Waals surface area contributed by atoms with Gasteiger partial charge in [-0.3, -0.25) is 0 Å². The van der Waals surface area contributed by atoms with Crippen molar-refractivity contribution in [3.63, 3.8) is 0 Å². The lowest BCUT2D eigenvalue weighted by Crippen LogP contribution is -2.31. The fourth-order valence-electron chi connectivity index (χ4n) is 13.3. The second kappa shape index (κ2) is 28.2. The number of cyclic esters (lactones) is 3. The molecule has 3 aliphatic heterocycles. The van der Waals surface area contributed by atoms with Crippen molar-refractivity contribution < 1.29 is 28.6 Å². The molecule has 480 valence electrons. The molecule has 0 amide bonds. The van der Waals surface area contributed by atoms with Crippen LogP contribution in [-0.4, -0.2) is 113 Å². The first kappa shape index (κ1) is 65.9. The maximum Gasteiger partial charge on any atom is 0.358 e. The molecule has 0 spiro atoms. The molecule has 0 bridgehead atoms. The maximum absolute atomic E-state index is 13.0. The lowest BCUT2D eigenvalue weighted by atomic mass is 9.79. The van der Waals surface area contributed by atoms with Crippen molar-refractivity contribution in [2.45, 2.75) is 79.1 Å². The third-order valence-electron chi connectivity index (χ3n) is 18.4. The molecule has 93 heavy (non-hydrogen) atoms. The molecule has 12 rings (SSSR count). The van der Waals surface area contributed by atoms with Gasteiger partial charge in [-0.25, -0.2) is 29.3 Å². The predicted octanol–water partition coefficient (Wildman–Crippen LogP) is 14.5. The summed E-state index contributed by atoms with van der Waals surface area (Å²) in [6, 6.07) is 59.3.